The smallest absolute Gasteiger partial charge is 0.225 e. The van der Waals surface area contributed by atoms with Crippen LogP contribution in [0.2, 0.25) is 0 Å². The lowest BCUT2D eigenvalue weighted by atomic mass is 10.2. The quantitative estimate of drug-likeness (QED) is 0.574. The van der Waals surface area contributed by atoms with E-state index in [1.54, 1.807) is 12.4 Å². The highest BCUT2D eigenvalue weighted by atomic mass is 16.3. The van der Waals surface area contributed by atoms with Crippen LogP contribution in [0, 0.1) is 6.92 Å². The molecule has 0 fully saturated rings. The number of pyridine rings is 1. The van der Waals surface area contributed by atoms with Crippen LogP contribution < -0.4 is 10.6 Å². The van der Waals surface area contributed by atoms with Crippen molar-refractivity contribution >= 4 is 17.5 Å². The first-order chi connectivity index (χ1) is 12.2. The van der Waals surface area contributed by atoms with E-state index >= 15 is 0 Å². The molecule has 0 aliphatic heterocycles. The Morgan fingerprint density at radius 2 is 1.76 bits per heavy atom. The van der Waals surface area contributed by atoms with E-state index in [0.29, 0.717) is 24.7 Å². The summed E-state index contributed by atoms with van der Waals surface area (Å²) in [6, 6.07) is 13.9. The van der Waals surface area contributed by atoms with Gasteiger partial charge in [0.2, 0.25) is 5.95 Å². The lowest BCUT2D eigenvalue weighted by Gasteiger charge is -2.11. The summed E-state index contributed by atoms with van der Waals surface area (Å²) in [5.41, 5.74) is 3.94. The molecule has 128 valence electrons. The minimum atomic E-state index is 0.130. The van der Waals surface area contributed by atoms with E-state index in [-0.39, 0.29) is 6.61 Å². The molecule has 0 bridgehead atoms. The second-order valence-electron chi connectivity index (χ2n) is 5.69. The van der Waals surface area contributed by atoms with Crippen LogP contribution in [0.3, 0.4) is 0 Å². The third-order valence-electron chi connectivity index (χ3n) is 3.64. The van der Waals surface area contributed by atoms with Gasteiger partial charge in [0.1, 0.15) is 5.82 Å². The number of anilines is 3. The van der Waals surface area contributed by atoms with Gasteiger partial charge >= 0.3 is 0 Å². The standard InChI is InChI=1S/C19H21N5O/c1-14-3-5-16(6-4-14)22-18-13-17(15-7-10-20-11-8-15)23-19(24-18)21-9-2-12-25/h3-8,10-11,13,25H,2,9,12H2,1H3,(H2,21,22,23,24). The first-order valence-electron chi connectivity index (χ1n) is 8.22. The molecule has 0 saturated heterocycles. The molecule has 0 spiro atoms. The Kier molecular flexibility index (Phi) is 5.53. The summed E-state index contributed by atoms with van der Waals surface area (Å²) < 4.78 is 0. The summed E-state index contributed by atoms with van der Waals surface area (Å²) in [6.45, 7) is 2.80. The second kappa shape index (κ2) is 8.21. The molecule has 2 heterocycles. The number of aryl methyl sites for hydroxylation is 1. The first-order valence-corrected chi connectivity index (χ1v) is 8.22. The van der Waals surface area contributed by atoms with Crippen molar-refractivity contribution in [3.8, 4) is 11.3 Å². The van der Waals surface area contributed by atoms with E-state index in [0.717, 1.165) is 16.9 Å². The molecule has 3 N–H and O–H groups in total. The van der Waals surface area contributed by atoms with Crippen molar-refractivity contribution in [3.63, 3.8) is 0 Å². The van der Waals surface area contributed by atoms with E-state index in [1.807, 2.05) is 42.5 Å². The van der Waals surface area contributed by atoms with Crippen molar-refractivity contribution in [2.75, 3.05) is 23.8 Å². The summed E-state index contributed by atoms with van der Waals surface area (Å²) in [6.07, 6.45) is 4.12. The number of nitrogens with one attached hydrogen (secondary N) is 2. The average molecular weight is 335 g/mol. The molecule has 0 unspecified atom stereocenters. The molecular formula is C19H21N5O. The zero-order valence-corrected chi connectivity index (χ0v) is 14.1. The molecule has 3 aromatic rings. The highest BCUT2D eigenvalue weighted by molar-refractivity contribution is 5.67. The van der Waals surface area contributed by atoms with Gasteiger partial charge in [0.05, 0.1) is 5.69 Å². The lowest BCUT2D eigenvalue weighted by molar-refractivity contribution is 0.292. The fraction of sp³-hybridized carbons (Fsp3) is 0.211. The fourth-order valence-corrected chi connectivity index (χ4v) is 2.32. The van der Waals surface area contributed by atoms with Crippen molar-refractivity contribution in [1.82, 2.24) is 15.0 Å². The van der Waals surface area contributed by atoms with Gasteiger partial charge in [-0.15, -0.1) is 0 Å². The van der Waals surface area contributed by atoms with Gasteiger partial charge in [0.15, 0.2) is 0 Å². The van der Waals surface area contributed by atoms with Crippen molar-refractivity contribution in [2.45, 2.75) is 13.3 Å². The van der Waals surface area contributed by atoms with E-state index in [2.05, 4.69) is 32.5 Å². The zero-order chi connectivity index (χ0) is 17.5. The first kappa shape index (κ1) is 16.9. The van der Waals surface area contributed by atoms with Gasteiger partial charge in [0, 0.05) is 42.9 Å². The highest BCUT2D eigenvalue weighted by Crippen LogP contribution is 2.23. The molecule has 0 aliphatic carbocycles. The van der Waals surface area contributed by atoms with Crippen LogP contribution in [0.5, 0.6) is 0 Å². The van der Waals surface area contributed by atoms with Crippen LogP contribution in [0.25, 0.3) is 11.3 Å². The van der Waals surface area contributed by atoms with E-state index < -0.39 is 0 Å². The van der Waals surface area contributed by atoms with E-state index in [9.17, 15) is 0 Å². The number of nitrogens with zero attached hydrogens (tertiary/aromatic N) is 3. The van der Waals surface area contributed by atoms with Gasteiger partial charge in [-0.05, 0) is 37.6 Å². The summed E-state index contributed by atoms with van der Waals surface area (Å²) in [5.74, 6) is 1.23. The van der Waals surface area contributed by atoms with Crippen molar-refractivity contribution in [2.24, 2.45) is 0 Å². The topological polar surface area (TPSA) is 83.0 Å². The number of hydrogen-bond acceptors (Lipinski definition) is 6. The summed E-state index contributed by atoms with van der Waals surface area (Å²) >= 11 is 0. The van der Waals surface area contributed by atoms with Crippen LogP contribution in [-0.2, 0) is 0 Å². The summed E-state index contributed by atoms with van der Waals surface area (Å²) in [5, 5.41) is 15.4. The minimum Gasteiger partial charge on any atom is -0.396 e. The Morgan fingerprint density at radius 3 is 2.48 bits per heavy atom. The largest absolute Gasteiger partial charge is 0.396 e. The molecule has 0 amide bonds. The van der Waals surface area contributed by atoms with Crippen LogP contribution >= 0.6 is 0 Å². The molecular weight excluding hydrogens is 314 g/mol. The van der Waals surface area contributed by atoms with Gasteiger partial charge in [-0.25, -0.2) is 4.98 Å². The molecule has 6 nitrogen and oxygen atoms in total. The maximum atomic E-state index is 8.95. The van der Waals surface area contributed by atoms with Gasteiger partial charge in [-0.1, -0.05) is 17.7 Å². The third-order valence-corrected chi connectivity index (χ3v) is 3.64. The zero-order valence-electron chi connectivity index (χ0n) is 14.1. The Hall–Kier alpha value is -2.99. The van der Waals surface area contributed by atoms with Crippen molar-refractivity contribution < 1.29 is 5.11 Å². The minimum absolute atomic E-state index is 0.130. The van der Waals surface area contributed by atoms with Crippen molar-refractivity contribution in [3.05, 3.63) is 60.4 Å². The number of hydrogen-bond donors (Lipinski definition) is 3. The van der Waals surface area contributed by atoms with Crippen LogP contribution in [0.4, 0.5) is 17.5 Å². The number of aliphatic hydroxyl groups excluding tert-OH is 1. The predicted molar refractivity (Wildman–Crippen MR) is 99.9 cm³/mol. The lowest BCUT2D eigenvalue weighted by Crippen LogP contribution is -2.08. The molecule has 3 rings (SSSR count). The summed E-state index contributed by atoms with van der Waals surface area (Å²) in [4.78, 5) is 13.1. The molecule has 1 aromatic carbocycles. The molecule has 0 aliphatic rings. The normalized spacial score (nSPS) is 10.5. The monoisotopic (exact) mass is 335 g/mol. The van der Waals surface area contributed by atoms with E-state index in [1.165, 1.54) is 5.56 Å². The maximum absolute atomic E-state index is 8.95. The van der Waals surface area contributed by atoms with Gasteiger partial charge in [0.25, 0.3) is 0 Å². The molecule has 6 heteroatoms. The van der Waals surface area contributed by atoms with Crippen LogP contribution in [0.1, 0.15) is 12.0 Å². The highest BCUT2D eigenvalue weighted by Gasteiger charge is 2.07. The Labute approximate surface area is 147 Å². The van der Waals surface area contributed by atoms with E-state index in [4.69, 9.17) is 5.11 Å². The maximum Gasteiger partial charge on any atom is 0.225 e. The SMILES string of the molecule is Cc1ccc(Nc2cc(-c3ccncc3)nc(NCCCO)n2)cc1. The Morgan fingerprint density at radius 1 is 1.00 bits per heavy atom. The average Bonchev–Trinajstić information content (AvgIpc) is 2.64. The van der Waals surface area contributed by atoms with Gasteiger partial charge in [-0.3, -0.25) is 4.98 Å². The Balaban J connectivity index is 1.89. The second-order valence-corrected chi connectivity index (χ2v) is 5.69. The molecule has 2 aromatic heterocycles. The molecule has 25 heavy (non-hydrogen) atoms. The number of rotatable bonds is 7. The van der Waals surface area contributed by atoms with Gasteiger partial charge < -0.3 is 15.7 Å². The number of benzene rings is 1. The molecule has 0 atom stereocenters. The van der Waals surface area contributed by atoms with Gasteiger partial charge in [-0.2, -0.15) is 4.98 Å². The third kappa shape index (κ3) is 4.74. The predicted octanol–water partition coefficient (Wildman–Crippen LogP) is 3.38. The van der Waals surface area contributed by atoms with Crippen LogP contribution in [-0.4, -0.2) is 33.2 Å². The fourth-order valence-electron chi connectivity index (χ4n) is 2.32. The summed E-state index contributed by atoms with van der Waals surface area (Å²) in [7, 11) is 0. The molecule has 0 radical (unpaired) electrons. The number of aromatic nitrogens is 3. The molecule has 0 saturated carbocycles. The van der Waals surface area contributed by atoms with Crippen LogP contribution in [0.15, 0.2) is 54.9 Å². The van der Waals surface area contributed by atoms with Crippen molar-refractivity contribution in [1.29, 1.82) is 0 Å². The Bertz CT molecular complexity index is 806. The number of aliphatic hydroxyl groups is 1.